The fourth-order valence-electron chi connectivity index (χ4n) is 4.38. The van der Waals surface area contributed by atoms with Gasteiger partial charge in [-0.1, -0.05) is 36.4 Å². The Morgan fingerprint density at radius 3 is 2.57 bits per heavy atom. The molecule has 2 aliphatic heterocycles. The Balaban J connectivity index is 1.18. The van der Waals surface area contributed by atoms with Crippen LogP contribution in [0.2, 0.25) is 0 Å². The van der Waals surface area contributed by atoms with E-state index in [0.29, 0.717) is 6.54 Å². The molecule has 0 aromatic heterocycles. The predicted octanol–water partition coefficient (Wildman–Crippen LogP) is 2.21. The van der Waals surface area contributed by atoms with Gasteiger partial charge in [-0.05, 0) is 24.1 Å². The van der Waals surface area contributed by atoms with Gasteiger partial charge < -0.3 is 15.0 Å². The minimum absolute atomic E-state index is 0.149. The van der Waals surface area contributed by atoms with Crippen molar-refractivity contribution < 1.29 is 9.53 Å². The molecule has 0 spiro atoms. The van der Waals surface area contributed by atoms with E-state index in [1.54, 1.807) is 7.11 Å². The fraction of sp³-hybridized carbons (Fsp3) is 0.458. The molecular formula is C24H32N4O2. The Labute approximate surface area is 179 Å². The van der Waals surface area contributed by atoms with Crippen LogP contribution in [0.25, 0.3) is 0 Å². The summed E-state index contributed by atoms with van der Waals surface area (Å²) in [4.78, 5) is 19.6. The topological polar surface area (TPSA) is 48.1 Å². The smallest absolute Gasteiger partial charge is 0.234 e. The molecule has 4 rings (SSSR count). The molecule has 0 radical (unpaired) electrons. The molecule has 1 atom stereocenters. The minimum atomic E-state index is 0.149. The highest BCUT2D eigenvalue weighted by molar-refractivity contribution is 5.78. The summed E-state index contributed by atoms with van der Waals surface area (Å²) in [5, 5.41) is 3.25. The maximum absolute atomic E-state index is 12.6. The van der Waals surface area contributed by atoms with Gasteiger partial charge in [0.05, 0.1) is 13.7 Å². The third-order valence-electron chi connectivity index (χ3n) is 6.04. The average molecular weight is 409 g/mol. The van der Waals surface area contributed by atoms with Gasteiger partial charge in [-0.3, -0.25) is 14.6 Å². The van der Waals surface area contributed by atoms with Crippen LogP contribution in [0.5, 0.6) is 5.75 Å². The third kappa shape index (κ3) is 5.52. The van der Waals surface area contributed by atoms with Crippen LogP contribution in [0.3, 0.4) is 0 Å². The molecule has 0 saturated carbocycles. The lowest BCUT2D eigenvalue weighted by atomic mass is 10.2. The summed E-state index contributed by atoms with van der Waals surface area (Å²) < 4.78 is 5.33. The summed E-state index contributed by atoms with van der Waals surface area (Å²) in [5.41, 5.74) is 2.52. The summed E-state index contributed by atoms with van der Waals surface area (Å²) in [6.07, 6.45) is 1.03. The van der Waals surface area contributed by atoms with Crippen molar-refractivity contribution in [2.45, 2.75) is 19.0 Å². The number of rotatable bonds is 7. The number of carbonyl (C=O) groups excluding carboxylic acids is 1. The molecular weight excluding hydrogens is 376 g/mol. The molecule has 160 valence electrons. The molecule has 0 bridgehead atoms. The molecule has 2 aromatic rings. The summed E-state index contributed by atoms with van der Waals surface area (Å²) in [5.74, 6) is 1.03. The summed E-state index contributed by atoms with van der Waals surface area (Å²) in [6.45, 7) is 7.07. The molecule has 30 heavy (non-hydrogen) atoms. The Kier molecular flexibility index (Phi) is 6.87. The second-order valence-electron chi connectivity index (χ2n) is 8.24. The molecule has 2 saturated heterocycles. The predicted molar refractivity (Wildman–Crippen MR) is 120 cm³/mol. The number of methoxy groups -OCH3 is 1. The van der Waals surface area contributed by atoms with Gasteiger partial charge in [-0.25, -0.2) is 0 Å². The Hall–Kier alpha value is -2.57. The maximum Gasteiger partial charge on any atom is 0.234 e. The van der Waals surface area contributed by atoms with Crippen LogP contribution < -0.4 is 15.0 Å². The van der Waals surface area contributed by atoms with Gasteiger partial charge in [0.15, 0.2) is 0 Å². The molecule has 0 aliphatic carbocycles. The summed E-state index contributed by atoms with van der Waals surface area (Å²) >= 11 is 0. The molecule has 6 nitrogen and oxygen atoms in total. The van der Waals surface area contributed by atoms with E-state index in [1.165, 1.54) is 11.3 Å². The van der Waals surface area contributed by atoms with Crippen molar-refractivity contribution in [3.63, 3.8) is 0 Å². The summed E-state index contributed by atoms with van der Waals surface area (Å²) in [6, 6.07) is 19.0. The first kappa shape index (κ1) is 20.7. The van der Waals surface area contributed by atoms with Crippen LogP contribution in [0.15, 0.2) is 54.6 Å². The first-order valence-corrected chi connectivity index (χ1v) is 10.9. The number of amides is 1. The van der Waals surface area contributed by atoms with Crippen LogP contribution in [-0.4, -0.2) is 74.7 Å². The normalized spacial score (nSPS) is 20.3. The van der Waals surface area contributed by atoms with Gasteiger partial charge >= 0.3 is 0 Å². The van der Waals surface area contributed by atoms with Crippen molar-refractivity contribution >= 4 is 11.6 Å². The van der Waals surface area contributed by atoms with E-state index in [-0.39, 0.29) is 11.9 Å². The molecule has 0 unspecified atom stereocenters. The van der Waals surface area contributed by atoms with Gasteiger partial charge in [0.25, 0.3) is 0 Å². The standard InChI is InChI=1S/C24H32N4O2/c1-30-23-9-5-8-22(16-23)28-14-12-26(13-15-28)19-24(29)25-21-10-11-27(18-21)17-20-6-3-2-4-7-20/h2-9,16,21H,10-15,17-19H2,1H3,(H,25,29)/t21-/m0/s1. The van der Waals surface area contributed by atoms with Gasteiger partial charge in [0, 0.05) is 63.6 Å². The highest BCUT2D eigenvalue weighted by Gasteiger charge is 2.25. The minimum Gasteiger partial charge on any atom is -0.497 e. The molecule has 2 aliphatic rings. The van der Waals surface area contributed by atoms with E-state index in [1.807, 2.05) is 18.2 Å². The number of piperazine rings is 1. The van der Waals surface area contributed by atoms with E-state index < -0.39 is 0 Å². The molecule has 6 heteroatoms. The Morgan fingerprint density at radius 1 is 1.00 bits per heavy atom. The first-order chi connectivity index (χ1) is 14.7. The second kappa shape index (κ2) is 9.96. The van der Waals surface area contributed by atoms with Gasteiger partial charge in [0.2, 0.25) is 5.91 Å². The Morgan fingerprint density at radius 2 is 1.80 bits per heavy atom. The van der Waals surface area contributed by atoms with Crippen molar-refractivity contribution in [1.82, 2.24) is 15.1 Å². The van der Waals surface area contributed by atoms with Crippen molar-refractivity contribution in [3.05, 3.63) is 60.2 Å². The highest BCUT2D eigenvalue weighted by Crippen LogP contribution is 2.22. The molecule has 2 fully saturated rings. The van der Waals surface area contributed by atoms with Gasteiger partial charge in [-0.2, -0.15) is 0 Å². The monoisotopic (exact) mass is 408 g/mol. The van der Waals surface area contributed by atoms with Gasteiger partial charge in [0.1, 0.15) is 5.75 Å². The SMILES string of the molecule is COc1cccc(N2CCN(CC(=O)N[C@H]3CCN(Cc4ccccc4)C3)CC2)c1. The second-order valence-corrected chi connectivity index (χ2v) is 8.24. The zero-order valence-electron chi connectivity index (χ0n) is 17.8. The lowest BCUT2D eigenvalue weighted by molar-refractivity contribution is -0.122. The first-order valence-electron chi connectivity index (χ1n) is 10.9. The van der Waals surface area contributed by atoms with Crippen LogP contribution in [-0.2, 0) is 11.3 Å². The van der Waals surface area contributed by atoms with E-state index >= 15 is 0 Å². The number of benzene rings is 2. The largest absolute Gasteiger partial charge is 0.497 e. The maximum atomic E-state index is 12.6. The number of nitrogens with one attached hydrogen (secondary N) is 1. The van der Waals surface area contributed by atoms with Gasteiger partial charge in [-0.15, -0.1) is 0 Å². The van der Waals surface area contributed by atoms with E-state index in [9.17, 15) is 4.79 Å². The van der Waals surface area contributed by atoms with E-state index in [2.05, 4.69) is 56.4 Å². The highest BCUT2D eigenvalue weighted by atomic mass is 16.5. The fourth-order valence-corrected chi connectivity index (χ4v) is 4.38. The number of ether oxygens (including phenoxy) is 1. The van der Waals surface area contributed by atoms with Crippen LogP contribution in [0.4, 0.5) is 5.69 Å². The quantitative estimate of drug-likeness (QED) is 0.761. The zero-order valence-corrected chi connectivity index (χ0v) is 17.8. The zero-order chi connectivity index (χ0) is 20.8. The van der Waals surface area contributed by atoms with Crippen LogP contribution in [0, 0.1) is 0 Å². The summed E-state index contributed by atoms with van der Waals surface area (Å²) in [7, 11) is 1.70. The molecule has 1 N–H and O–H groups in total. The van der Waals surface area contributed by atoms with Crippen molar-refractivity contribution in [3.8, 4) is 5.75 Å². The van der Waals surface area contributed by atoms with Crippen LogP contribution in [0.1, 0.15) is 12.0 Å². The lowest BCUT2D eigenvalue weighted by Crippen LogP contribution is -2.50. The lowest BCUT2D eigenvalue weighted by Gasteiger charge is -2.36. The average Bonchev–Trinajstić information content (AvgIpc) is 3.21. The van der Waals surface area contributed by atoms with E-state index in [4.69, 9.17) is 4.74 Å². The number of hydrogen-bond donors (Lipinski definition) is 1. The number of hydrogen-bond acceptors (Lipinski definition) is 5. The number of likely N-dealkylation sites (tertiary alicyclic amines) is 1. The molecule has 1 amide bonds. The van der Waals surface area contributed by atoms with Crippen molar-refractivity contribution in [2.24, 2.45) is 0 Å². The van der Waals surface area contributed by atoms with Crippen molar-refractivity contribution in [1.29, 1.82) is 0 Å². The third-order valence-corrected chi connectivity index (χ3v) is 6.04. The number of nitrogens with zero attached hydrogens (tertiary/aromatic N) is 3. The molecule has 2 heterocycles. The van der Waals surface area contributed by atoms with Crippen LogP contribution >= 0.6 is 0 Å². The van der Waals surface area contributed by atoms with Crippen molar-refractivity contribution in [2.75, 3.05) is 57.8 Å². The number of carbonyl (C=O) groups is 1. The molecule has 2 aromatic carbocycles. The Bertz CT molecular complexity index is 821. The number of anilines is 1. The van der Waals surface area contributed by atoms with E-state index in [0.717, 1.165) is 58.0 Å².